The summed E-state index contributed by atoms with van der Waals surface area (Å²) < 4.78 is 13.5. The number of hydrogen-bond acceptors (Lipinski definition) is 2. The van der Waals surface area contributed by atoms with Gasteiger partial charge in [0.05, 0.1) is 6.04 Å². The predicted molar refractivity (Wildman–Crippen MR) is 80.9 cm³/mol. The highest BCUT2D eigenvalue weighted by molar-refractivity contribution is 5.95. The molecule has 1 aliphatic heterocycles. The number of carbonyl (C=O) groups is 1. The van der Waals surface area contributed by atoms with E-state index in [4.69, 9.17) is 0 Å². The lowest BCUT2D eigenvalue weighted by Gasteiger charge is -2.14. The van der Waals surface area contributed by atoms with E-state index in [-0.39, 0.29) is 5.91 Å². The van der Waals surface area contributed by atoms with Gasteiger partial charge in [-0.2, -0.15) is 0 Å². The molecule has 0 unspecified atom stereocenters. The Hall–Kier alpha value is -2.20. The van der Waals surface area contributed by atoms with Gasteiger partial charge in [-0.05, 0) is 23.3 Å². The quantitative estimate of drug-likeness (QED) is 0.908. The molecular formula is C17H17FN2O. The second kappa shape index (κ2) is 6.06. The van der Waals surface area contributed by atoms with E-state index < -0.39 is 12.2 Å². The number of halogens is 1. The van der Waals surface area contributed by atoms with Crippen molar-refractivity contribution >= 4 is 5.91 Å². The molecule has 2 atom stereocenters. The summed E-state index contributed by atoms with van der Waals surface area (Å²) in [6.45, 7) is 0.785. The van der Waals surface area contributed by atoms with Crippen molar-refractivity contribution in [2.45, 2.75) is 12.2 Å². The number of alkyl halides is 1. The maximum absolute atomic E-state index is 13.5. The highest BCUT2D eigenvalue weighted by Gasteiger charge is 2.28. The van der Waals surface area contributed by atoms with Crippen molar-refractivity contribution in [2.24, 2.45) is 0 Å². The molecule has 0 radical (unpaired) electrons. The van der Waals surface area contributed by atoms with E-state index in [1.165, 1.54) is 0 Å². The number of carbonyl (C=O) groups excluding carboxylic acids is 1. The molecule has 21 heavy (non-hydrogen) atoms. The van der Waals surface area contributed by atoms with Crippen molar-refractivity contribution in [3.8, 4) is 11.1 Å². The van der Waals surface area contributed by atoms with E-state index in [1.807, 2.05) is 42.5 Å². The van der Waals surface area contributed by atoms with Gasteiger partial charge in [0.15, 0.2) is 0 Å². The summed E-state index contributed by atoms with van der Waals surface area (Å²) in [6.07, 6.45) is -1.02. The molecule has 1 saturated heterocycles. The van der Waals surface area contributed by atoms with E-state index in [2.05, 4.69) is 10.6 Å². The van der Waals surface area contributed by atoms with Crippen LogP contribution in [-0.2, 0) is 0 Å². The van der Waals surface area contributed by atoms with Crippen LogP contribution < -0.4 is 10.6 Å². The molecule has 0 bridgehead atoms. The molecule has 1 fully saturated rings. The maximum atomic E-state index is 13.5. The zero-order valence-electron chi connectivity index (χ0n) is 11.6. The summed E-state index contributed by atoms with van der Waals surface area (Å²) >= 11 is 0. The fraction of sp³-hybridized carbons (Fsp3) is 0.235. The van der Waals surface area contributed by atoms with Gasteiger partial charge >= 0.3 is 0 Å². The monoisotopic (exact) mass is 284 g/mol. The molecule has 1 aliphatic rings. The SMILES string of the molecule is O=C(N[C@@H]1CNC[C@H]1F)c1ccc(-c2ccccc2)cc1. The average Bonchev–Trinajstić information content (AvgIpc) is 2.93. The number of nitrogens with one attached hydrogen (secondary N) is 2. The summed E-state index contributed by atoms with van der Waals surface area (Å²) in [5.74, 6) is -0.231. The molecule has 3 rings (SSSR count). The lowest BCUT2D eigenvalue weighted by molar-refractivity contribution is 0.0924. The summed E-state index contributed by atoms with van der Waals surface area (Å²) in [7, 11) is 0. The Bertz CT molecular complexity index is 612. The molecule has 2 aromatic carbocycles. The Morgan fingerprint density at radius 1 is 1.00 bits per heavy atom. The minimum absolute atomic E-state index is 0.231. The zero-order chi connectivity index (χ0) is 14.7. The van der Waals surface area contributed by atoms with Crippen molar-refractivity contribution in [1.82, 2.24) is 10.6 Å². The van der Waals surface area contributed by atoms with E-state index in [0.717, 1.165) is 11.1 Å². The first-order valence-corrected chi connectivity index (χ1v) is 7.05. The Morgan fingerprint density at radius 2 is 1.67 bits per heavy atom. The number of benzene rings is 2. The predicted octanol–water partition coefficient (Wildman–Crippen LogP) is 2.39. The van der Waals surface area contributed by atoms with Crippen LogP contribution in [0.4, 0.5) is 4.39 Å². The molecule has 4 heteroatoms. The van der Waals surface area contributed by atoms with E-state index >= 15 is 0 Å². The Kier molecular flexibility index (Phi) is 3.97. The van der Waals surface area contributed by atoms with Crippen molar-refractivity contribution in [2.75, 3.05) is 13.1 Å². The minimum atomic E-state index is -1.02. The van der Waals surface area contributed by atoms with Crippen LogP contribution in [0.1, 0.15) is 10.4 Å². The fourth-order valence-corrected chi connectivity index (χ4v) is 2.48. The molecule has 108 valence electrons. The Labute approximate surface area is 123 Å². The molecule has 1 amide bonds. The van der Waals surface area contributed by atoms with Crippen LogP contribution in [0.25, 0.3) is 11.1 Å². The van der Waals surface area contributed by atoms with Crippen LogP contribution in [0.15, 0.2) is 54.6 Å². The van der Waals surface area contributed by atoms with Crippen molar-refractivity contribution in [3.63, 3.8) is 0 Å². The first-order chi connectivity index (χ1) is 10.2. The van der Waals surface area contributed by atoms with Gasteiger partial charge in [-0.1, -0.05) is 42.5 Å². The molecule has 0 spiro atoms. The van der Waals surface area contributed by atoms with Gasteiger partial charge < -0.3 is 10.6 Å². The third-order valence-corrected chi connectivity index (χ3v) is 3.71. The summed E-state index contributed by atoms with van der Waals surface area (Å²) in [4.78, 5) is 12.1. The van der Waals surface area contributed by atoms with Crippen LogP contribution in [0.2, 0.25) is 0 Å². The minimum Gasteiger partial charge on any atom is -0.345 e. The number of rotatable bonds is 3. The van der Waals surface area contributed by atoms with E-state index in [0.29, 0.717) is 18.7 Å². The van der Waals surface area contributed by atoms with Crippen LogP contribution >= 0.6 is 0 Å². The number of hydrogen-bond donors (Lipinski definition) is 2. The normalized spacial score (nSPS) is 21.2. The number of amides is 1. The van der Waals surface area contributed by atoms with Crippen molar-refractivity contribution in [1.29, 1.82) is 0 Å². The van der Waals surface area contributed by atoms with Crippen molar-refractivity contribution in [3.05, 3.63) is 60.2 Å². The van der Waals surface area contributed by atoms with Gasteiger partial charge in [-0.15, -0.1) is 0 Å². The molecule has 0 saturated carbocycles. The van der Waals surface area contributed by atoms with Gasteiger partial charge in [-0.3, -0.25) is 4.79 Å². The van der Waals surface area contributed by atoms with Gasteiger partial charge in [0.25, 0.3) is 5.91 Å². The van der Waals surface area contributed by atoms with Crippen LogP contribution in [0.5, 0.6) is 0 Å². The van der Waals surface area contributed by atoms with Crippen LogP contribution in [-0.4, -0.2) is 31.2 Å². The van der Waals surface area contributed by atoms with Crippen LogP contribution in [0.3, 0.4) is 0 Å². The molecule has 0 aromatic heterocycles. The smallest absolute Gasteiger partial charge is 0.251 e. The summed E-state index contributed by atoms with van der Waals surface area (Å²) in [5, 5.41) is 5.65. The van der Waals surface area contributed by atoms with Gasteiger partial charge in [-0.25, -0.2) is 4.39 Å². The first kappa shape index (κ1) is 13.8. The zero-order valence-corrected chi connectivity index (χ0v) is 11.6. The third-order valence-electron chi connectivity index (χ3n) is 3.71. The summed E-state index contributed by atoms with van der Waals surface area (Å²) in [5.41, 5.74) is 2.71. The maximum Gasteiger partial charge on any atom is 0.251 e. The van der Waals surface area contributed by atoms with E-state index in [9.17, 15) is 9.18 Å². The van der Waals surface area contributed by atoms with Gasteiger partial charge in [0, 0.05) is 18.7 Å². The van der Waals surface area contributed by atoms with E-state index in [1.54, 1.807) is 12.1 Å². The highest BCUT2D eigenvalue weighted by atomic mass is 19.1. The van der Waals surface area contributed by atoms with Crippen LogP contribution in [0, 0.1) is 0 Å². The highest BCUT2D eigenvalue weighted by Crippen LogP contribution is 2.19. The first-order valence-electron chi connectivity index (χ1n) is 7.05. The molecule has 1 heterocycles. The lowest BCUT2D eigenvalue weighted by Crippen LogP contribution is -2.41. The average molecular weight is 284 g/mol. The van der Waals surface area contributed by atoms with Gasteiger partial charge in [0.2, 0.25) is 0 Å². The Morgan fingerprint density at radius 3 is 2.29 bits per heavy atom. The molecule has 3 nitrogen and oxygen atoms in total. The molecule has 2 N–H and O–H groups in total. The largest absolute Gasteiger partial charge is 0.345 e. The topological polar surface area (TPSA) is 41.1 Å². The summed E-state index contributed by atoms with van der Waals surface area (Å²) in [6, 6.07) is 16.9. The standard InChI is InChI=1S/C17H17FN2O/c18-15-10-19-11-16(15)20-17(21)14-8-6-13(7-9-14)12-4-2-1-3-5-12/h1-9,15-16,19H,10-11H2,(H,20,21)/t15-,16-/m1/s1. The van der Waals surface area contributed by atoms with Gasteiger partial charge in [0.1, 0.15) is 6.17 Å². The molecular weight excluding hydrogens is 267 g/mol. The third kappa shape index (κ3) is 3.11. The molecule has 0 aliphatic carbocycles. The second-order valence-corrected chi connectivity index (χ2v) is 5.20. The second-order valence-electron chi connectivity index (χ2n) is 5.20. The fourth-order valence-electron chi connectivity index (χ4n) is 2.48. The lowest BCUT2D eigenvalue weighted by atomic mass is 10.0. The molecule has 2 aromatic rings. The van der Waals surface area contributed by atoms with Crippen molar-refractivity contribution < 1.29 is 9.18 Å². The Balaban J connectivity index is 1.70.